The Morgan fingerprint density at radius 3 is 1.73 bits per heavy atom. The summed E-state index contributed by atoms with van der Waals surface area (Å²) >= 11 is 0. The van der Waals surface area contributed by atoms with Crippen LogP contribution in [0.25, 0.3) is 6.08 Å². The summed E-state index contributed by atoms with van der Waals surface area (Å²) in [4.78, 5) is 0. The molecule has 0 saturated carbocycles. The van der Waals surface area contributed by atoms with Crippen molar-refractivity contribution in [2.24, 2.45) is 23.5 Å². The number of nitrogens with two attached hydrogens (primary N) is 1. The van der Waals surface area contributed by atoms with Crippen molar-refractivity contribution in [2.75, 3.05) is 6.54 Å². The maximum Gasteiger partial charge on any atom is 0.126 e. The van der Waals surface area contributed by atoms with Gasteiger partial charge in [0.2, 0.25) is 0 Å². The first-order valence-corrected chi connectivity index (χ1v) is 13.0. The minimum atomic E-state index is -0.942. The first-order valence-electron chi connectivity index (χ1n) is 13.0. The van der Waals surface area contributed by atoms with Gasteiger partial charge >= 0.3 is 0 Å². The van der Waals surface area contributed by atoms with Gasteiger partial charge in [-0.15, -0.1) is 0 Å². The first-order chi connectivity index (χ1) is 15.4. The molecule has 0 aliphatic rings. The van der Waals surface area contributed by atoms with E-state index in [1.165, 1.54) is 38.5 Å². The van der Waals surface area contributed by atoms with Gasteiger partial charge in [0.25, 0.3) is 0 Å². The summed E-state index contributed by atoms with van der Waals surface area (Å²) < 4.78 is 0. The molecule has 4 nitrogen and oxygen atoms in total. The van der Waals surface area contributed by atoms with Gasteiger partial charge in [0, 0.05) is 11.1 Å². The van der Waals surface area contributed by atoms with E-state index in [2.05, 4.69) is 20.8 Å². The number of hydrogen-bond acceptors (Lipinski definition) is 4. The fourth-order valence-corrected chi connectivity index (χ4v) is 4.54. The molecule has 0 aliphatic heterocycles. The molecule has 33 heavy (non-hydrogen) atoms. The van der Waals surface area contributed by atoms with Gasteiger partial charge in [0.15, 0.2) is 0 Å². The summed E-state index contributed by atoms with van der Waals surface area (Å²) in [7, 11) is 0. The fraction of sp³-hybridized carbons (Fsp3) is 0.724. The number of aliphatic hydroxyl groups is 1. The second kappa shape index (κ2) is 14.0. The summed E-state index contributed by atoms with van der Waals surface area (Å²) in [6.45, 7) is 14.9. The van der Waals surface area contributed by atoms with E-state index in [0.29, 0.717) is 40.5 Å². The molecule has 1 rings (SSSR count). The number of rotatable bonds is 15. The third kappa shape index (κ3) is 10.1. The monoisotopic (exact) mass is 461 g/mol. The first kappa shape index (κ1) is 29.5. The van der Waals surface area contributed by atoms with Crippen LogP contribution >= 0.6 is 0 Å². The largest absolute Gasteiger partial charge is 0.507 e. The molecule has 0 radical (unpaired) electrons. The number of phenols is 2. The summed E-state index contributed by atoms with van der Waals surface area (Å²) in [5.74, 6) is 2.48. The Morgan fingerprint density at radius 2 is 1.21 bits per heavy atom. The Hall–Kier alpha value is -1.52. The molecule has 0 saturated heterocycles. The lowest BCUT2D eigenvalue weighted by atomic mass is 9.89. The third-order valence-corrected chi connectivity index (χ3v) is 7.47. The van der Waals surface area contributed by atoms with Gasteiger partial charge in [0.1, 0.15) is 11.5 Å². The van der Waals surface area contributed by atoms with E-state index in [4.69, 9.17) is 5.73 Å². The number of benzene rings is 1. The SMILES string of the molecule is Cc1c(C)c(O)c(C=CC(C)(O)CCCC(C)CCCC(C)CCCC(C)CN)c(C)c1O. The smallest absolute Gasteiger partial charge is 0.126 e. The van der Waals surface area contributed by atoms with E-state index < -0.39 is 5.60 Å². The number of aromatic hydroxyl groups is 2. The van der Waals surface area contributed by atoms with Crippen LogP contribution in [-0.4, -0.2) is 27.5 Å². The topological polar surface area (TPSA) is 86.7 Å². The summed E-state index contributed by atoms with van der Waals surface area (Å²) in [6, 6.07) is 0. The highest BCUT2D eigenvalue weighted by molar-refractivity contribution is 5.69. The van der Waals surface area contributed by atoms with Crippen molar-refractivity contribution in [2.45, 2.75) is 112 Å². The van der Waals surface area contributed by atoms with Crippen LogP contribution in [0.5, 0.6) is 11.5 Å². The quantitative estimate of drug-likeness (QED) is 0.209. The summed E-state index contributed by atoms with van der Waals surface area (Å²) in [6.07, 6.45) is 13.9. The van der Waals surface area contributed by atoms with Crippen LogP contribution in [0.1, 0.15) is 108 Å². The van der Waals surface area contributed by atoms with Crippen molar-refractivity contribution in [3.63, 3.8) is 0 Å². The Morgan fingerprint density at radius 1 is 0.758 bits per heavy atom. The average molecular weight is 462 g/mol. The lowest BCUT2D eigenvalue weighted by Gasteiger charge is -2.21. The molecule has 1 aromatic carbocycles. The van der Waals surface area contributed by atoms with Crippen LogP contribution in [-0.2, 0) is 0 Å². The molecule has 4 unspecified atom stereocenters. The maximum absolute atomic E-state index is 10.8. The minimum Gasteiger partial charge on any atom is -0.507 e. The van der Waals surface area contributed by atoms with E-state index in [1.807, 2.05) is 6.92 Å². The van der Waals surface area contributed by atoms with Gasteiger partial charge in [-0.1, -0.05) is 77.9 Å². The van der Waals surface area contributed by atoms with Gasteiger partial charge in [-0.3, -0.25) is 0 Å². The van der Waals surface area contributed by atoms with Gasteiger partial charge in [-0.25, -0.2) is 0 Å². The van der Waals surface area contributed by atoms with Gasteiger partial charge in [-0.2, -0.15) is 0 Å². The van der Waals surface area contributed by atoms with E-state index in [0.717, 1.165) is 25.3 Å². The molecule has 4 atom stereocenters. The second-order valence-corrected chi connectivity index (χ2v) is 11.0. The Balaban J connectivity index is 2.41. The van der Waals surface area contributed by atoms with E-state index in [9.17, 15) is 15.3 Å². The fourth-order valence-electron chi connectivity index (χ4n) is 4.54. The van der Waals surface area contributed by atoms with Gasteiger partial charge in [-0.05, 0) is 76.0 Å². The van der Waals surface area contributed by atoms with Crippen molar-refractivity contribution in [3.05, 3.63) is 28.3 Å². The van der Waals surface area contributed by atoms with E-state index in [-0.39, 0.29) is 11.5 Å². The molecule has 0 fully saturated rings. The van der Waals surface area contributed by atoms with E-state index in [1.54, 1.807) is 32.9 Å². The molecule has 0 aromatic heterocycles. The molecular weight excluding hydrogens is 410 g/mol. The Kier molecular flexibility index (Phi) is 12.5. The predicted molar refractivity (Wildman–Crippen MR) is 142 cm³/mol. The normalized spacial score (nSPS) is 16.6. The average Bonchev–Trinajstić information content (AvgIpc) is 2.76. The number of phenolic OH excluding ortho intramolecular Hbond substituents is 2. The van der Waals surface area contributed by atoms with Crippen molar-refractivity contribution >= 4 is 6.08 Å². The van der Waals surface area contributed by atoms with E-state index >= 15 is 0 Å². The highest BCUT2D eigenvalue weighted by atomic mass is 16.3. The minimum absolute atomic E-state index is 0.173. The molecular formula is C29H51NO3. The molecule has 5 N–H and O–H groups in total. The Bertz CT molecular complexity index is 725. The number of hydrogen-bond donors (Lipinski definition) is 4. The zero-order valence-corrected chi connectivity index (χ0v) is 22.4. The third-order valence-electron chi connectivity index (χ3n) is 7.47. The molecule has 4 heteroatoms. The molecule has 0 amide bonds. The van der Waals surface area contributed by atoms with Crippen molar-refractivity contribution in [1.82, 2.24) is 0 Å². The van der Waals surface area contributed by atoms with Crippen LogP contribution in [0.3, 0.4) is 0 Å². The van der Waals surface area contributed by atoms with Crippen LogP contribution in [0, 0.1) is 38.5 Å². The highest BCUT2D eigenvalue weighted by Crippen LogP contribution is 2.37. The lowest BCUT2D eigenvalue weighted by Crippen LogP contribution is -2.20. The highest BCUT2D eigenvalue weighted by Gasteiger charge is 2.19. The second-order valence-electron chi connectivity index (χ2n) is 11.0. The van der Waals surface area contributed by atoms with Crippen molar-refractivity contribution in [3.8, 4) is 11.5 Å². The molecule has 0 heterocycles. The molecule has 0 bridgehead atoms. The van der Waals surface area contributed by atoms with Crippen LogP contribution in [0.2, 0.25) is 0 Å². The molecule has 0 spiro atoms. The molecule has 0 aliphatic carbocycles. The summed E-state index contributed by atoms with van der Waals surface area (Å²) in [5.41, 5.74) is 7.34. The van der Waals surface area contributed by atoms with Crippen LogP contribution < -0.4 is 5.73 Å². The lowest BCUT2D eigenvalue weighted by molar-refractivity contribution is 0.0979. The predicted octanol–water partition coefficient (Wildman–Crippen LogP) is 7.17. The Labute approximate surface area is 203 Å². The molecule has 1 aromatic rings. The van der Waals surface area contributed by atoms with Crippen LogP contribution in [0.4, 0.5) is 0 Å². The van der Waals surface area contributed by atoms with Crippen molar-refractivity contribution < 1.29 is 15.3 Å². The van der Waals surface area contributed by atoms with Gasteiger partial charge in [0.05, 0.1) is 5.60 Å². The summed E-state index contributed by atoms with van der Waals surface area (Å²) in [5, 5.41) is 31.6. The maximum atomic E-state index is 10.8. The zero-order valence-electron chi connectivity index (χ0n) is 22.4. The van der Waals surface area contributed by atoms with Gasteiger partial charge < -0.3 is 21.1 Å². The molecule has 190 valence electrons. The standard InChI is InChI=1S/C29H51NO3/c1-20(13-9-14-22(3)19-30)11-8-12-21(2)15-10-17-29(7,33)18-16-26-25(6)27(31)23(4)24(5)28(26)32/h16,18,20-22,31-33H,8-15,17,19,30H2,1-7H3. The van der Waals surface area contributed by atoms with Crippen molar-refractivity contribution in [1.29, 1.82) is 0 Å². The van der Waals surface area contributed by atoms with Crippen LogP contribution in [0.15, 0.2) is 6.08 Å². The zero-order chi connectivity index (χ0) is 25.2.